The smallest absolute Gasteiger partial charge is 0.257 e. The average molecular weight is 834 g/mol. The fraction of sp³-hybridized carbons (Fsp3) is 0.245. The molecule has 1 aromatic heterocycles. The van der Waals surface area contributed by atoms with Gasteiger partial charge in [0, 0.05) is 39.1 Å². The third-order valence-electron chi connectivity index (χ3n) is 11.6. The summed E-state index contributed by atoms with van der Waals surface area (Å²) in [5.74, 6) is 3.04. The van der Waals surface area contributed by atoms with Crippen molar-refractivity contribution in [1.82, 2.24) is 14.8 Å². The molecule has 5 heterocycles. The number of ether oxygens (including phenoxy) is 6. The minimum absolute atomic E-state index is 0. The molecule has 0 N–H and O–H groups in total. The Balaban J connectivity index is 0.00000544. The molecule has 1 unspecified atom stereocenters. The molecule has 0 radical (unpaired) electrons. The van der Waals surface area contributed by atoms with Crippen LogP contribution < -0.4 is 28.4 Å². The van der Waals surface area contributed by atoms with Crippen LogP contribution in [0.25, 0.3) is 11.1 Å². The highest BCUT2D eigenvalue weighted by atomic mass is 16.5. The zero-order valence-electron chi connectivity index (χ0n) is 34.9. The van der Waals surface area contributed by atoms with Gasteiger partial charge in [-0.15, -0.1) is 0 Å². The second-order valence-corrected chi connectivity index (χ2v) is 15.2. The fourth-order valence-electron chi connectivity index (χ4n) is 8.18. The van der Waals surface area contributed by atoms with Crippen LogP contribution in [0.4, 0.5) is 11.4 Å². The van der Waals surface area contributed by atoms with Gasteiger partial charge in [0.2, 0.25) is 0 Å². The highest BCUT2D eigenvalue weighted by Gasteiger charge is 2.34. The van der Waals surface area contributed by atoms with Crippen LogP contribution >= 0.6 is 0 Å². The molecule has 4 aliphatic rings. The maximum atomic E-state index is 13.9. The molecule has 9 rings (SSSR count). The normalized spacial score (nSPS) is 17.6. The Labute approximate surface area is 361 Å². The van der Waals surface area contributed by atoms with Gasteiger partial charge in [0.15, 0.2) is 23.0 Å². The van der Waals surface area contributed by atoms with E-state index in [2.05, 4.69) is 12.2 Å². The van der Waals surface area contributed by atoms with E-state index in [0.29, 0.717) is 82.8 Å². The predicted octanol–water partition coefficient (Wildman–Crippen LogP) is 8.55. The molecule has 0 saturated heterocycles. The molecule has 4 aromatic carbocycles. The van der Waals surface area contributed by atoms with Crippen LogP contribution in [-0.4, -0.2) is 92.6 Å². The SMILES string of the molecule is COc1ccc(C2=CCN3C(=O)c4cc(OC)c(OCc5cccc(COc6cc7c(cc6OC)C(=O)N6CC=C(c8ccc(OC)cc8)C[C@H]6C=N7)n5)cc4N=CC3C2)cc1.[HH]. The number of hydrogen-bond acceptors (Lipinski definition) is 11. The maximum absolute atomic E-state index is 13.9. The Bertz CT molecular complexity index is 2480. The first kappa shape index (κ1) is 40.0. The van der Waals surface area contributed by atoms with Crippen molar-refractivity contribution in [2.75, 3.05) is 41.5 Å². The molecule has 0 fully saturated rings. The van der Waals surface area contributed by atoms with E-state index in [-0.39, 0.29) is 38.5 Å². The average Bonchev–Trinajstić information content (AvgIpc) is 3.55. The number of nitrogens with zero attached hydrogens (tertiary/aromatic N) is 5. The summed E-state index contributed by atoms with van der Waals surface area (Å²) in [7, 11) is 6.38. The number of pyridine rings is 1. The van der Waals surface area contributed by atoms with Gasteiger partial charge in [-0.1, -0.05) is 42.5 Å². The lowest BCUT2D eigenvalue weighted by Gasteiger charge is -2.32. The van der Waals surface area contributed by atoms with E-state index in [9.17, 15) is 9.59 Å². The van der Waals surface area contributed by atoms with Crippen molar-refractivity contribution in [2.45, 2.75) is 38.1 Å². The summed E-state index contributed by atoms with van der Waals surface area (Å²) >= 11 is 0. The van der Waals surface area contributed by atoms with Crippen LogP contribution in [0.2, 0.25) is 0 Å². The van der Waals surface area contributed by atoms with Gasteiger partial charge in [0.1, 0.15) is 24.7 Å². The molecule has 4 aliphatic heterocycles. The zero-order valence-corrected chi connectivity index (χ0v) is 34.9. The number of aliphatic imine (C=N–C) groups is 2. The van der Waals surface area contributed by atoms with E-state index in [1.165, 1.54) is 0 Å². The molecule has 13 heteroatoms. The fourth-order valence-corrected chi connectivity index (χ4v) is 8.18. The van der Waals surface area contributed by atoms with E-state index in [1.807, 2.05) is 89.0 Å². The number of amides is 2. The van der Waals surface area contributed by atoms with Crippen molar-refractivity contribution in [1.29, 1.82) is 0 Å². The Kier molecular flexibility index (Phi) is 11.2. The van der Waals surface area contributed by atoms with Gasteiger partial charge in [-0.2, -0.15) is 0 Å². The second-order valence-electron chi connectivity index (χ2n) is 15.2. The molecular weight excluding hydrogens is 787 g/mol. The molecule has 5 aromatic rings. The largest absolute Gasteiger partial charge is 0.497 e. The van der Waals surface area contributed by atoms with E-state index in [1.54, 1.807) is 52.7 Å². The maximum Gasteiger partial charge on any atom is 0.257 e. The van der Waals surface area contributed by atoms with Crippen molar-refractivity contribution in [2.24, 2.45) is 9.98 Å². The Morgan fingerprint density at radius 2 is 1.00 bits per heavy atom. The Hall–Kier alpha value is -7.41. The summed E-state index contributed by atoms with van der Waals surface area (Å²) in [5, 5.41) is 0. The minimum Gasteiger partial charge on any atom is -0.497 e. The summed E-state index contributed by atoms with van der Waals surface area (Å²) in [6.45, 7) is 1.16. The molecule has 2 atom stereocenters. The molecular formula is C49H47N5O8. The first-order valence-electron chi connectivity index (χ1n) is 20.3. The van der Waals surface area contributed by atoms with E-state index in [0.717, 1.165) is 33.8 Å². The van der Waals surface area contributed by atoms with Gasteiger partial charge in [0.05, 0.1) is 74.4 Å². The van der Waals surface area contributed by atoms with Crippen LogP contribution in [0.15, 0.2) is 113 Å². The van der Waals surface area contributed by atoms with Crippen molar-refractivity contribution in [3.05, 3.63) is 137 Å². The summed E-state index contributed by atoms with van der Waals surface area (Å²) in [6, 6.07) is 27.9. The standard InChI is InChI=1S/C49H45N5O8.H2/c1-57-38-12-8-30(9-13-38)32-16-18-53-36(20-32)26-50-42-24-46(44(59-3)22-40(42)48(53)55)61-28-34-6-5-7-35(52-34)29-62-47-25-43-41(23-45(47)60-4)49(56)54-19-17-33(21-37(54)27-51-43)31-10-14-39(58-2)15-11-31;/h5-17,22-27,36-37H,18-21,28-29H2,1-4H3;1H/t36-,37?;/m0./s1. The van der Waals surface area contributed by atoms with E-state index < -0.39 is 0 Å². The number of aromatic nitrogens is 1. The van der Waals surface area contributed by atoms with Crippen LogP contribution in [0.5, 0.6) is 34.5 Å². The number of methoxy groups -OCH3 is 4. The number of carbonyl (C=O) groups excluding carboxylic acids is 2. The van der Waals surface area contributed by atoms with Crippen LogP contribution in [-0.2, 0) is 13.2 Å². The molecule has 0 saturated carbocycles. The Morgan fingerprint density at radius 1 is 0.565 bits per heavy atom. The van der Waals surface area contributed by atoms with Gasteiger partial charge < -0.3 is 38.2 Å². The molecule has 2 amide bonds. The lowest BCUT2D eigenvalue weighted by molar-refractivity contribution is 0.0740. The van der Waals surface area contributed by atoms with Crippen LogP contribution in [0.1, 0.15) is 57.5 Å². The van der Waals surface area contributed by atoms with Gasteiger partial charge in [0.25, 0.3) is 11.8 Å². The van der Waals surface area contributed by atoms with E-state index >= 15 is 0 Å². The second kappa shape index (κ2) is 17.3. The number of benzene rings is 4. The van der Waals surface area contributed by atoms with Gasteiger partial charge in [-0.25, -0.2) is 0 Å². The highest BCUT2D eigenvalue weighted by Crippen LogP contribution is 2.41. The highest BCUT2D eigenvalue weighted by molar-refractivity contribution is 6.05. The molecule has 13 nitrogen and oxygen atoms in total. The van der Waals surface area contributed by atoms with Crippen LogP contribution in [0, 0.1) is 0 Å². The van der Waals surface area contributed by atoms with Crippen molar-refractivity contribution in [3.63, 3.8) is 0 Å². The van der Waals surface area contributed by atoms with Crippen molar-refractivity contribution in [3.8, 4) is 34.5 Å². The first-order chi connectivity index (χ1) is 30.3. The summed E-state index contributed by atoms with van der Waals surface area (Å²) in [6.07, 6.45) is 9.15. The molecule has 62 heavy (non-hydrogen) atoms. The number of rotatable bonds is 12. The van der Waals surface area contributed by atoms with Crippen molar-refractivity contribution < 1.29 is 39.4 Å². The Morgan fingerprint density at radius 3 is 1.40 bits per heavy atom. The first-order valence-corrected chi connectivity index (χ1v) is 20.3. The van der Waals surface area contributed by atoms with E-state index in [4.69, 9.17) is 43.4 Å². The quantitative estimate of drug-likeness (QED) is 0.121. The molecule has 316 valence electrons. The number of carbonyl (C=O) groups is 2. The van der Waals surface area contributed by atoms with Crippen LogP contribution in [0.3, 0.4) is 0 Å². The molecule has 0 aliphatic carbocycles. The van der Waals surface area contributed by atoms with Gasteiger partial charge in [-0.05, 0) is 83.6 Å². The molecule has 0 bridgehead atoms. The third-order valence-corrected chi connectivity index (χ3v) is 11.6. The third kappa shape index (κ3) is 7.96. The summed E-state index contributed by atoms with van der Waals surface area (Å²) in [4.78, 5) is 45.7. The van der Waals surface area contributed by atoms with Crippen molar-refractivity contribution >= 4 is 46.8 Å². The van der Waals surface area contributed by atoms with Gasteiger partial charge >= 0.3 is 0 Å². The summed E-state index contributed by atoms with van der Waals surface area (Å²) in [5.41, 5.74) is 7.69. The topological polar surface area (TPSA) is 134 Å². The number of hydrogen-bond donors (Lipinski definition) is 0. The minimum atomic E-state index is -0.206. The lowest BCUT2D eigenvalue weighted by atomic mass is 9.94. The lowest BCUT2D eigenvalue weighted by Crippen LogP contribution is -2.43. The summed E-state index contributed by atoms with van der Waals surface area (Å²) < 4.78 is 34.6. The predicted molar refractivity (Wildman–Crippen MR) is 238 cm³/mol. The number of fused-ring (bicyclic) bond motifs is 4. The zero-order chi connectivity index (χ0) is 42.7. The van der Waals surface area contributed by atoms with Gasteiger partial charge in [-0.3, -0.25) is 24.6 Å². The monoisotopic (exact) mass is 833 g/mol. The molecule has 0 spiro atoms.